The van der Waals surface area contributed by atoms with Crippen LogP contribution in [0.4, 0.5) is 0 Å². The van der Waals surface area contributed by atoms with E-state index in [1.807, 2.05) is 0 Å². The van der Waals surface area contributed by atoms with Gasteiger partial charge in [0.05, 0.1) is 0 Å². The second kappa shape index (κ2) is 5.20. The maximum atomic E-state index is 10.7. The predicted octanol–water partition coefficient (Wildman–Crippen LogP) is 2.36. The third-order valence-corrected chi connectivity index (χ3v) is 2.25. The average molecular weight is 246 g/mol. The van der Waals surface area contributed by atoms with Crippen LogP contribution in [0.3, 0.4) is 0 Å². The SMILES string of the molecule is [N-]=[N+]=N/C(=C\c1ccc(OC2CC2)nc1)C(=O)O. The molecule has 0 saturated heterocycles. The summed E-state index contributed by atoms with van der Waals surface area (Å²) in [6.07, 6.45) is 5.06. The molecule has 1 N–H and O–H groups in total. The van der Waals surface area contributed by atoms with Gasteiger partial charge in [0.1, 0.15) is 11.8 Å². The number of pyridine rings is 1. The largest absolute Gasteiger partial charge is 0.478 e. The van der Waals surface area contributed by atoms with Crippen molar-refractivity contribution in [2.24, 2.45) is 5.11 Å². The number of carboxylic acids is 1. The second-order valence-electron chi connectivity index (χ2n) is 3.77. The molecule has 92 valence electrons. The molecule has 0 aromatic carbocycles. The molecule has 7 nitrogen and oxygen atoms in total. The number of hydrogen-bond donors (Lipinski definition) is 1. The summed E-state index contributed by atoms with van der Waals surface area (Å²) in [4.78, 5) is 17.2. The highest BCUT2D eigenvalue weighted by molar-refractivity contribution is 5.91. The van der Waals surface area contributed by atoms with E-state index in [2.05, 4.69) is 15.0 Å². The quantitative estimate of drug-likeness (QED) is 0.372. The van der Waals surface area contributed by atoms with Gasteiger partial charge in [-0.3, -0.25) is 0 Å². The van der Waals surface area contributed by atoms with Gasteiger partial charge in [-0.1, -0.05) is 5.11 Å². The molecular formula is C11H10N4O3. The van der Waals surface area contributed by atoms with Crippen molar-refractivity contribution < 1.29 is 14.6 Å². The Labute approximate surface area is 102 Å². The fraction of sp³-hybridized carbons (Fsp3) is 0.273. The number of azide groups is 1. The fourth-order valence-electron chi connectivity index (χ4n) is 1.24. The summed E-state index contributed by atoms with van der Waals surface area (Å²) in [7, 11) is 0. The highest BCUT2D eigenvalue weighted by atomic mass is 16.5. The van der Waals surface area contributed by atoms with Gasteiger partial charge in [-0.05, 0) is 36.1 Å². The summed E-state index contributed by atoms with van der Waals surface area (Å²) in [5, 5.41) is 11.9. The van der Waals surface area contributed by atoms with Crippen molar-refractivity contribution in [1.82, 2.24) is 4.98 Å². The average Bonchev–Trinajstić information content (AvgIpc) is 3.15. The number of hydrogen-bond acceptors (Lipinski definition) is 4. The van der Waals surface area contributed by atoms with Gasteiger partial charge in [-0.15, -0.1) is 0 Å². The Balaban J connectivity index is 2.14. The normalized spacial score (nSPS) is 14.8. The molecule has 0 atom stereocenters. The summed E-state index contributed by atoms with van der Waals surface area (Å²) in [6, 6.07) is 3.31. The topological polar surface area (TPSA) is 108 Å². The minimum absolute atomic E-state index is 0.261. The van der Waals surface area contributed by atoms with Gasteiger partial charge >= 0.3 is 5.97 Å². The Kier molecular flexibility index (Phi) is 3.45. The molecule has 1 saturated carbocycles. The van der Waals surface area contributed by atoms with Crippen LogP contribution in [-0.4, -0.2) is 22.2 Å². The first kappa shape index (κ1) is 11.9. The van der Waals surface area contributed by atoms with Gasteiger partial charge in [0.25, 0.3) is 0 Å². The molecule has 2 rings (SSSR count). The molecule has 1 aliphatic rings. The highest BCUT2D eigenvalue weighted by Gasteiger charge is 2.23. The van der Waals surface area contributed by atoms with Crippen molar-refractivity contribution in [2.75, 3.05) is 0 Å². The number of nitrogens with zero attached hydrogens (tertiary/aromatic N) is 4. The second-order valence-corrected chi connectivity index (χ2v) is 3.77. The number of rotatable bonds is 5. The third kappa shape index (κ3) is 3.23. The van der Waals surface area contributed by atoms with E-state index < -0.39 is 5.97 Å². The first-order chi connectivity index (χ1) is 8.69. The molecule has 1 fully saturated rings. The number of aromatic nitrogens is 1. The van der Waals surface area contributed by atoms with Crippen molar-refractivity contribution in [1.29, 1.82) is 0 Å². The Morgan fingerprint density at radius 3 is 2.89 bits per heavy atom. The van der Waals surface area contributed by atoms with Crippen molar-refractivity contribution in [3.63, 3.8) is 0 Å². The van der Waals surface area contributed by atoms with Crippen LogP contribution in [-0.2, 0) is 4.79 Å². The summed E-state index contributed by atoms with van der Waals surface area (Å²) in [5.74, 6) is -0.776. The van der Waals surface area contributed by atoms with Crippen LogP contribution >= 0.6 is 0 Å². The highest BCUT2D eigenvalue weighted by Crippen LogP contribution is 2.25. The zero-order valence-electron chi connectivity index (χ0n) is 9.35. The third-order valence-electron chi connectivity index (χ3n) is 2.25. The van der Waals surface area contributed by atoms with Gasteiger partial charge in [0, 0.05) is 17.2 Å². The van der Waals surface area contributed by atoms with E-state index in [-0.39, 0.29) is 11.8 Å². The number of aliphatic carboxylic acids is 1. The summed E-state index contributed by atoms with van der Waals surface area (Å²) >= 11 is 0. The predicted molar refractivity (Wildman–Crippen MR) is 62.6 cm³/mol. The first-order valence-corrected chi connectivity index (χ1v) is 5.32. The zero-order valence-corrected chi connectivity index (χ0v) is 9.35. The van der Waals surface area contributed by atoms with Crippen molar-refractivity contribution >= 4 is 12.0 Å². The van der Waals surface area contributed by atoms with Crippen molar-refractivity contribution in [3.8, 4) is 5.88 Å². The van der Waals surface area contributed by atoms with Crippen LogP contribution in [0.5, 0.6) is 5.88 Å². The Bertz CT molecular complexity index is 524. The number of ether oxygens (including phenoxy) is 1. The van der Waals surface area contributed by atoms with Gasteiger partial charge in [-0.2, -0.15) is 0 Å². The maximum absolute atomic E-state index is 10.7. The van der Waals surface area contributed by atoms with E-state index in [1.165, 1.54) is 12.3 Å². The van der Waals surface area contributed by atoms with Crippen LogP contribution < -0.4 is 4.74 Å². The Morgan fingerprint density at radius 2 is 2.39 bits per heavy atom. The van der Waals surface area contributed by atoms with Crippen LogP contribution in [0.15, 0.2) is 29.1 Å². The van der Waals surface area contributed by atoms with E-state index in [0.717, 1.165) is 12.8 Å². The maximum Gasteiger partial charge on any atom is 0.338 e. The molecule has 1 heterocycles. The van der Waals surface area contributed by atoms with E-state index in [0.29, 0.717) is 11.4 Å². The molecule has 18 heavy (non-hydrogen) atoms. The number of carbonyl (C=O) groups is 1. The standard InChI is InChI=1S/C11H10N4O3/c12-15-14-9(11(16)17)5-7-1-4-10(13-6-7)18-8-2-3-8/h1,4-6,8H,2-3H2,(H,16,17)/b9-5-. The smallest absolute Gasteiger partial charge is 0.338 e. The molecule has 0 radical (unpaired) electrons. The molecule has 0 bridgehead atoms. The van der Waals surface area contributed by atoms with E-state index in [9.17, 15) is 4.79 Å². The monoisotopic (exact) mass is 246 g/mol. The van der Waals surface area contributed by atoms with Gasteiger partial charge < -0.3 is 9.84 Å². The summed E-state index contributed by atoms with van der Waals surface area (Å²) < 4.78 is 5.45. The minimum Gasteiger partial charge on any atom is -0.478 e. The van der Waals surface area contributed by atoms with E-state index >= 15 is 0 Å². The van der Waals surface area contributed by atoms with Crippen molar-refractivity contribution in [2.45, 2.75) is 18.9 Å². The molecule has 1 aliphatic carbocycles. The van der Waals surface area contributed by atoms with Crippen LogP contribution in [0.1, 0.15) is 18.4 Å². The molecule has 7 heteroatoms. The Morgan fingerprint density at radius 1 is 1.61 bits per heavy atom. The molecule has 0 unspecified atom stereocenters. The molecule has 1 aromatic heterocycles. The lowest BCUT2D eigenvalue weighted by atomic mass is 10.2. The zero-order chi connectivity index (χ0) is 13.0. The summed E-state index contributed by atoms with van der Waals surface area (Å²) in [6.45, 7) is 0. The van der Waals surface area contributed by atoms with E-state index in [4.69, 9.17) is 15.4 Å². The first-order valence-electron chi connectivity index (χ1n) is 5.32. The van der Waals surface area contributed by atoms with Gasteiger partial charge in [0.2, 0.25) is 5.88 Å². The van der Waals surface area contributed by atoms with Crippen LogP contribution in [0, 0.1) is 0 Å². The van der Waals surface area contributed by atoms with E-state index in [1.54, 1.807) is 12.1 Å². The molecule has 0 spiro atoms. The fourth-order valence-corrected chi connectivity index (χ4v) is 1.24. The Hall–Kier alpha value is -2.53. The van der Waals surface area contributed by atoms with Gasteiger partial charge in [-0.25, -0.2) is 9.78 Å². The van der Waals surface area contributed by atoms with Crippen molar-refractivity contribution in [3.05, 3.63) is 40.0 Å². The van der Waals surface area contributed by atoms with Gasteiger partial charge in [0.15, 0.2) is 0 Å². The van der Waals surface area contributed by atoms with Crippen LogP contribution in [0.25, 0.3) is 16.5 Å². The molecule has 1 aromatic rings. The summed E-state index contributed by atoms with van der Waals surface area (Å²) in [5.41, 5.74) is 8.38. The lowest BCUT2D eigenvalue weighted by molar-refractivity contribution is -0.132. The molecular weight excluding hydrogens is 236 g/mol. The lowest BCUT2D eigenvalue weighted by Crippen LogP contribution is -1.98. The lowest BCUT2D eigenvalue weighted by Gasteiger charge is -2.02. The minimum atomic E-state index is -1.29. The molecule has 0 amide bonds. The van der Waals surface area contributed by atoms with Crippen LogP contribution in [0.2, 0.25) is 0 Å². The molecule has 0 aliphatic heterocycles. The number of carboxylic acid groups (broad SMARTS) is 1.